The number of carbonyl (C=O) groups is 1. The first-order chi connectivity index (χ1) is 6.91. The van der Waals surface area contributed by atoms with E-state index in [1.54, 1.807) is 0 Å². The van der Waals surface area contributed by atoms with Crippen LogP contribution in [0.25, 0.3) is 0 Å². The van der Waals surface area contributed by atoms with Crippen molar-refractivity contribution in [3.05, 3.63) is 0 Å². The number of hydrogen-bond donors (Lipinski definition) is 1. The summed E-state index contributed by atoms with van der Waals surface area (Å²) in [7, 11) is 0. The standard InChI is InChI=1S/C12H22O3/c1-12(2,3)10(11(13)14)7-6-9-5-4-8-15-9/h9-10H,4-8H2,1-3H3,(H,13,14). The summed E-state index contributed by atoms with van der Waals surface area (Å²) in [6.45, 7) is 6.81. The Morgan fingerprint density at radius 2 is 2.20 bits per heavy atom. The summed E-state index contributed by atoms with van der Waals surface area (Å²) >= 11 is 0. The van der Waals surface area contributed by atoms with Crippen molar-refractivity contribution >= 4 is 5.97 Å². The Kier molecular flexibility index (Phi) is 4.14. The van der Waals surface area contributed by atoms with Crippen LogP contribution in [-0.4, -0.2) is 23.8 Å². The summed E-state index contributed by atoms with van der Waals surface area (Å²) in [6, 6.07) is 0. The fraction of sp³-hybridized carbons (Fsp3) is 0.917. The zero-order valence-electron chi connectivity index (χ0n) is 9.95. The van der Waals surface area contributed by atoms with Crippen molar-refractivity contribution in [3.8, 4) is 0 Å². The fourth-order valence-electron chi connectivity index (χ4n) is 2.15. The van der Waals surface area contributed by atoms with Gasteiger partial charge in [-0.05, 0) is 31.1 Å². The highest BCUT2D eigenvalue weighted by Gasteiger charge is 2.31. The molecular weight excluding hydrogens is 192 g/mol. The van der Waals surface area contributed by atoms with Crippen LogP contribution in [0.3, 0.4) is 0 Å². The normalized spacial score (nSPS) is 24.1. The lowest BCUT2D eigenvalue weighted by atomic mass is 9.77. The highest BCUT2D eigenvalue weighted by atomic mass is 16.5. The molecule has 3 heteroatoms. The smallest absolute Gasteiger partial charge is 0.307 e. The lowest BCUT2D eigenvalue weighted by Gasteiger charge is -2.27. The van der Waals surface area contributed by atoms with Crippen LogP contribution < -0.4 is 0 Å². The van der Waals surface area contributed by atoms with E-state index in [2.05, 4.69) is 0 Å². The molecule has 0 spiro atoms. The van der Waals surface area contributed by atoms with Gasteiger partial charge < -0.3 is 9.84 Å². The van der Waals surface area contributed by atoms with Crippen molar-refractivity contribution in [1.82, 2.24) is 0 Å². The molecule has 2 atom stereocenters. The van der Waals surface area contributed by atoms with Gasteiger partial charge in [-0.25, -0.2) is 0 Å². The highest BCUT2D eigenvalue weighted by molar-refractivity contribution is 5.70. The van der Waals surface area contributed by atoms with E-state index in [-0.39, 0.29) is 11.3 Å². The maximum absolute atomic E-state index is 11.1. The van der Waals surface area contributed by atoms with E-state index in [4.69, 9.17) is 9.84 Å². The minimum absolute atomic E-state index is 0.162. The van der Waals surface area contributed by atoms with Crippen LogP contribution in [0, 0.1) is 11.3 Å². The second-order valence-corrected chi connectivity index (χ2v) is 5.47. The molecule has 0 aromatic rings. The molecule has 0 bridgehead atoms. The molecule has 15 heavy (non-hydrogen) atoms. The van der Waals surface area contributed by atoms with Gasteiger partial charge in [-0.2, -0.15) is 0 Å². The first kappa shape index (κ1) is 12.5. The summed E-state index contributed by atoms with van der Waals surface area (Å²) in [5.74, 6) is -0.942. The van der Waals surface area contributed by atoms with Gasteiger partial charge in [0.05, 0.1) is 12.0 Å². The molecule has 3 nitrogen and oxygen atoms in total. The monoisotopic (exact) mass is 214 g/mol. The van der Waals surface area contributed by atoms with E-state index in [1.165, 1.54) is 0 Å². The lowest BCUT2D eigenvalue weighted by molar-refractivity contribution is -0.146. The molecule has 0 amide bonds. The average molecular weight is 214 g/mol. The Bertz CT molecular complexity index is 211. The predicted octanol–water partition coefficient (Wildman–Crippen LogP) is 2.69. The number of ether oxygens (including phenoxy) is 1. The van der Waals surface area contributed by atoms with E-state index in [1.807, 2.05) is 20.8 Å². The van der Waals surface area contributed by atoms with E-state index >= 15 is 0 Å². The Hall–Kier alpha value is -0.570. The van der Waals surface area contributed by atoms with Gasteiger partial charge in [-0.1, -0.05) is 20.8 Å². The van der Waals surface area contributed by atoms with Crippen molar-refractivity contribution in [1.29, 1.82) is 0 Å². The largest absolute Gasteiger partial charge is 0.481 e. The second kappa shape index (κ2) is 4.97. The first-order valence-electron chi connectivity index (χ1n) is 5.75. The quantitative estimate of drug-likeness (QED) is 0.782. The zero-order chi connectivity index (χ0) is 11.5. The van der Waals surface area contributed by atoms with Gasteiger partial charge in [-0.3, -0.25) is 4.79 Å². The molecule has 1 aliphatic heterocycles. The molecule has 0 saturated carbocycles. The predicted molar refractivity (Wildman–Crippen MR) is 58.8 cm³/mol. The molecule has 2 unspecified atom stereocenters. The average Bonchev–Trinajstić information content (AvgIpc) is 2.53. The van der Waals surface area contributed by atoms with Crippen LogP contribution >= 0.6 is 0 Å². The van der Waals surface area contributed by atoms with Crippen molar-refractivity contribution in [2.24, 2.45) is 11.3 Å². The molecule has 1 aliphatic rings. The van der Waals surface area contributed by atoms with Gasteiger partial charge in [0, 0.05) is 6.61 Å². The lowest BCUT2D eigenvalue weighted by Crippen LogP contribution is -2.29. The van der Waals surface area contributed by atoms with Gasteiger partial charge in [-0.15, -0.1) is 0 Å². The maximum Gasteiger partial charge on any atom is 0.307 e. The van der Waals surface area contributed by atoms with Crippen LogP contribution in [0.2, 0.25) is 0 Å². The van der Waals surface area contributed by atoms with Gasteiger partial charge >= 0.3 is 5.97 Å². The zero-order valence-corrected chi connectivity index (χ0v) is 9.95. The van der Waals surface area contributed by atoms with Crippen molar-refractivity contribution in [2.45, 2.75) is 52.6 Å². The molecule has 1 rings (SSSR count). The minimum Gasteiger partial charge on any atom is -0.481 e. The van der Waals surface area contributed by atoms with Gasteiger partial charge in [0.1, 0.15) is 0 Å². The summed E-state index contributed by atoms with van der Waals surface area (Å²) < 4.78 is 5.50. The van der Waals surface area contributed by atoms with Crippen LogP contribution in [0.4, 0.5) is 0 Å². The molecule has 0 aromatic carbocycles. The van der Waals surface area contributed by atoms with Crippen molar-refractivity contribution < 1.29 is 14.6 Å². The number of hydrogen-bond acceptors (Lipinski definition) is 2. The number of rotatable bonds is 4. The van der Waals surface area contributed by atoms with Crippen molar-refractivity contribution in [2.75, 3.05) is 6.61 Å². The topological polar surface area (TPSA) is 46.5 Å². The highest BCUT2D eigenvalue weighted by Crippen LogP contribution is 2.31. The molecule has 0 radical (unpaired) electrons. The van der Waals surface area contributed by atoms with Gasteiger partial charge in [0.15, 0.2) is 0 Å². The van der Waals surface area contributed by atoms with Crippen molar-refractivity contribution in [3.63, 3.8) is 0 Å². The number of aliphatic carboxylic acids is 1. The second-order valence-electron chi connectivity index (χ2n) is 5.47. The molecular formula is C12H22O3. The third-order valence-electron chi connectivity index (χ3n) is 3.14. The van der Waals surface area contributed by atoms with Gasteiger partial charge in [0.25, 0.3) is 0 Å². The molecule has 1 fully saturated rings. The van der Waals surface area contributed by atoms with E-state index in [0.717, 1.165) is 32.3 Å². The van der Waals surface area contributed by atoms with Crippen LogP contribution in [0.1, 0.15) is 46.5 Å². The summed E-state index contributed by atoms with van der Waals surface area (Å²) in [5, 5.41) is 9.14. The molecule has 1 saturated heterocycles. The summed E-state index contributed by atoms with van der Waals surface area (Å²) in [5.41, 5.74) is -0.162. The molecule has 1 heterocycles. The molecule has 1 N–H and O–H groups in total. The summed E-state index contributed by atoms with van der Waals surface area (Å²) in [6.07, 6.45) is 4.13. The number of carboxylic acid groups (broad SMARTS) is 1. The third kappa shape index (κ3) is 3.82. The first-order valence-corrected chi connectivity index (χ1v) is 5.75. The SMILES string of the molecule is CC(C)(C)C(CCC1CCCO1)C(=O)O. The van der Waals surface area contributed by atoms with Crippen LogP contribution in [0.15, 0.2) is 0 Å². The minimum atomic E-state index is -0.680. The van der Waals surface area contributed by atoms with E-state index in [0.29, 0.717) is 6.10 Å². The molecule has 0 aromatic heterocycles. The maximum atomic E-state index is 11.1. The van der Waals surface area contributed by atoms with Crippen LogP contribution in [-0.2, 0) is 9.53 Å². The Labute approximate surface area is 91.8 Å². The molecule has 0 aliphatic carbocycles. The molecule has 88 valence electrons. The van der Waals surface area contributed by atoms with E-state index in [9.17, 15) is 4.79 Å². The number of carboxylic acids is 1. The Morgan fingerprint density at radius 3 is 2.60 bits per heavy atom. The van der Waals surface area contributed by atoms with Gasteiger partial charge in [0.2, 0.25) is 0 Å². The third-order valence-corrected chi connectivity index (χ3v) is 3.14. The fourth-order valence-corrected chi connectivity index (χ4v) is 2.15. The van der Waals surface area contributed by atoms with Crippen LogP contribution in [0.5, 0.6) is 0 Å². The van der Waals surface area contributed by atoms with E-state index < -0.39 is 5.97 Å². The Morgan fingerprint density at radius 1 is 1.53 bits per heavy atom. The Balaban J connectivity index is 2.41. The summed E-state index contributed by atoms with van der Waals surface area (Å²) in [4.78, 5) is 11.1.